The molecule has 0 aliphatic carbocycles. The number of likely N-dealkylation sites (N-methyl/N-ethyl adjacent to an activating group) is 1. The van der Waals surface area contributed by atoms with Gasteiger partial charge in [-0.1, -0.05) is 0 Å². The lowest BCUT2D eigenvalue weighted by molar-refractivity contribution is 0.162. The number of aryl methyl sites for hydroxylation is 1. The van der Waals surface area contributed by atoms with Crippen LogP contribution in [0.25, 0.3) is 0 Å². The maximum absolute atomic E-state index is 12.5. The second-order valence-corrected chi connectivity index (χ2v) is 6.42. The van der Waals surface area contributed by atoms with Gasteiger partial charge in [-0.25, -0.2) is 8.42 Å². The van der Waals surface area contributed by atoms with E-state index in [-0.39, 0.29) is 11.5 Å². The van der Waals surface area contributed by atoms with Crippen LogP contribution in [0.2, 0.25) is 0 Å². The summed E-state index contributed by atoms with van der Waals surface area (Å²) in [5, 5.41) is 13.2. The molecule has 2 heterocycles. The fourth-order valence-electron chi connectivity index (χ4n) is 2.00. The summed E-state index contributed by atoms with van der Waals surface area (Å²) in [6, 6.07) is 2.07. The van der Waals surface area contributed by atoms with E-state index in [9.17, 15) is 13.7 Å². The Kier molecular flexibility index (Phi) is 3.62. The average molecular weight is 284 g/mol. The molecule has 1 aliphatic rings. The smallest absolute Gasteiger partial charge is 0.247 e. The molecule has 1 unspecified atom stereocenters. The number of sulfonamides is 1. The Morgan fingerprint density at radius 1 is 1.68 bits per heavy atom. The van der Waals surface area contributed by atoms with Gasteiger partial charge in [0.25, 0.3) is 0 Å². The molecule has 1 aromatic rings. The summed E-state index contributed by atoms with van der Waals surface area (Å²) in [6.07, 6.45) is 3.14. The lowest BCUT2D eigenvalue weighted by Crippen LogP contribution is -2.48. The van der Waals surface area contributed by atoms with Crippen molar-refractivity contribution >= 4 is 10.0 Å². The van der Waals surface area contributed by atoms with Gasteiger partial charge >= 0.3 is 0 Å². The zero-order valence-electron chi connectivity index (χ0n) is 10.9. The van der Waals surface area contributed by atoms with Crippen LogP contribution >= 0.6 is 0 Å². The topological polar surface area (TPSA) is 88.2 Å². The summed E-state index contributed by atoms with van der Waals surface area (Å²) < 4.78 is 32.8. The number of ether oxygens (including phenoxy) is 1. The molecule has 0 amide bonds. The predicted molar refractivity (Wildman–Crippen MR) is 66.6 cm³/mol. The van der Waals surface area contributed by atoms with Crippen molar-refractivity contribution in [1.29, 1.82) is 5.26 Å². The van der Waals surface area contributed by atoms with Crippen LogP contribution in [0, 0.1) is 11.3 Å². The summed E-state index contributed by atoms with van der Waals surface area (Å²) in [7, 11) is -2.32. The average Bonchev–Trinajstić information content (AvgIpc) is 3.07. The summed E-state index contributed by atoms with van der Waals surface area (Å²) in [4.78, 5) is 0.0957. The first-order valence-electron chi connectivity index (χ1n) is 5.97. The second kappa shape index (κ2) is 4.92. The molecule has 1 saturated heterocycles. The molecule has 1 fully saturated rings. The fourth-order valence-corrected chi connectivity index (χ4v) is 3.40. The minimum absolute atomic E-state index is 0.0957. The molecule has 0 aromatic carbocycles. The minimum atomic E-state index is -3.73. The maximum atomic E-state index is 12.5. The third kappa shape index (κ3) is 2.25. The Bertz CT molecular complexity index is 596. The number of nitrogens with zero attached hydrogens (tertiary/aromatic N) is 4. The lowest BCUT2D eigenvalue weighted by Gasteiger charge is -2.29. The zero-order chi connectivity index (χ0) is 14.1. The first kappa shape index (κ1) is 14.0. The van der Waals surface area contributed by atoms with Gasteiger partial charge in [0.1, 0.15) is 10.4 Å². The Morgan fingerprint density at radius 3 is 2.89 bits per heavy atom. The van der Waals surface area contributed by atoms with Crippen LogP contribution in [0.5, 0.6) is 0 Å². The van der Waals surface area contributed by atoms with Crippen LogP contribution in [0.1, 0.15) is 13.3 Å². The second-order valence-electron chi connectivity index (χ2n) is 4.45. The van der Waals surface area contributed by atoms with Crippen molar-refractivity contribution in [3.8, 4) is 6.07 Å². The van der Waals surface area contributed by atoms with E-state index in [1.54, 1.807) is 0 Å². The van der Waals surface area contributed by atoms with Gasteiger partial charge in [0.2, 0.25) is 10.0 Å². The zero-order valence-corrected chi connectivity index (χ0v) is 11.7. The van der Waals surface area contributed by atoms with Crippen molar-refractivity contribution in [3.63, 3.8) is 0 Å². The highest BCUT2D eigenvalue weighted by Crippen LogP contribution is 2.29. The first-order chi connectivity index (χ1) is 8.96. The molecular weight excluding hydrogens is 268 g/mol. The van der Waals surface area contributed by atoms with E-state index in [2.05, 4.69) is 11.2 Å². The third-order valence-corrected chi connectivity index (χ3v) is 5.28. The van der Waals surface area contributed by atoms with Crippen LogP contribution < -0.4 is 0 Å². The van der Waals surface area contributed by atoms with E-state index in [0.29, 0.717) is 19.6 Å². The highest BCUT2D eigenvalue weighted by atomic mass is 32.2. The predicted octanol–water partition coefficient (Wildman–Crippen LogP) is 0.206. The van der Waals surface area contributed by atoms with Gasteiger partial charge in [-0.15, -0.1) is 0 Å². The number of aromatic nitrogens is 2. The highest BCUT2D eigenvalue weighted by molar-refractivity contribution is 7.89. The van der Waals surface area contributed by atoms with Crippen LogP contribution in [-0.4, -0.2) is 48.3 Å². The van der Waals surface area contributed by atoms with Crippen molar-refractivity contribution in [2.75, 3.05) is 20.3 Å². The molecule has 1 aliphatic heterocycles. The molecule has 8 heteroatoms. The van der Waals surface area contributed by atoms with Crippen molar-refractivity contribution in [2.24, 2.45) is 0 Å². The van der Waals surface area contributed by atoms with Gasteiger partial charge in [0.05, 0.1) is 18.9 Å². The van der Waals surface area contributed by atoms with Gasteiger partial charge in [-0.05, 0) is 6.92 Å². The molecule has 1 atom stereocenters. The number of hydrogen-bond donors (Lipinski definition) is 0. The molecule has 104 valence electrons. The molecule has 0 bridgehead atoms. The van der Waals surface area contributed by atoms with Crippen LogP contribution in [0.4, 0.5) is 0 Å². The van der Waals surface area contributed by atoms with Crippen LogP contribution in [-0.2, 0) is 21.3 Å². The van der Waals surface area contributed by atoms with Gasteiger partial charge in [-0.2, -0.15) is 14.7 Å². The van der Waals surface area contributed by atoms with Gasteiger partial charge in [-0.3, -0.25) is 4.68 Å². The fraction of sp³-hybridized carbons (Fsp3) is 0.636. The van der Waals surface area contributed by atoms with E-state index < -0.39 is 15.6 Å². The van der Waals surface area contributed by atoms with Crippen molar-refractivity contribution in [1.82, 2.24) is 14.1 Å². The van der Waals surface area contributed by atoms with Crippen LogP contribution in [0.3, 0.4) is 0 Å². The van der Waals surface area contributed by atoms with Crippen molar-refractivity contribution in [3.05, 3.63) is 12.4 Å². The standard InChI is InChI=1S/C11H16N4O3S/c1-3-15-7-10(6-13-15)19(16,17)14(2)11(8-12)4-5-18-9-11/h6-7H,3-5,9H2,1-2H3. The monoisotopic (exact) mass is 284 g/mol. The Hall–Kier alpha value is -1.43. The normalized spacial score (nSPS) is 23.7. The molecule has 0 saturated carbocycles. The molecule has 0 spiro atoms. The minimum Gasteiger partial charge on any atom is -0.378 e. The Labute approximate surface area is 112 Å². The molecule has 2 rings (SSSR count). The van der Waals surface area contributed by atoms with Crippen molar-refractivity contribution in [2.45, 2.75) is 30.3 Å². The lowest BCUT2D eigenvalue weighted by atomic mass is 10.0. The Morgan fingerprint density at radius 2 is 2.42 bits per heavy atom. The van der Waals surface area contributed by atoms with E-state index in [1.807, 2.05) is 6.92 Å². The van der Waals surface area contributed by atoms with E-state index in [1.165, 1.54) is 24.1 Å². The summed E-state index contributed by atoms with van der Waals surface area (Å²) >= 11 is 0. The SMILES string of the molecule is CCn1cc(S(=O)(=O)N(C)C2(C#N)CCOC2)cn1. The van der Waals surface area contributed by atoms with E-state index >= 15 is 0 Å². The number of nitriles is 1. The number of rotatable bonds is 4. The molecular formula is C11H16N4O3S. The Balaban J connectivity index is 2.36. The van der Waals surface area contributed by atoms with Gasteiger partial charge in [0, 0.05) is 32.8 Å². The van der Waals surface area contributed by atoms with E-state index in [0.717, 1.165) is 4.31 Å². The molecule has 19 heavy (non-hydrogen) atoms. The summed E-state index contributed by atoms with van der Waals surface area (Å²) in [5.74, 6) is 0. The molecule has 7 nitrogen and oxygen atoms in total. The third-order valence-electron chi connectivity index (χ3n) is 3.40. The van der Waals surface area contributed by atoms with Gasteiger partial charge in [0.15, 0.2) is 0 Å². The molecule has 0 radical (unpaired) electrons. The first-order valence-corrected chi connectivity index (χ1v) is 7.41. The summed E-state index contributed by atoms with van der Waals surface area (Å²) in [6.45, 7) is 2.95. The van der Waals surface area contributed by atoms with E-state index in [4.69, 9.17) is 4.74 Å². The molecule has 1 aromatic heterocycles. The molecule has 0 N–H and O–H groups in total. The quantitative estimate of drug-likeness (QED) is 0.788. The maximum Gasteiger partial charge on any atom is 0.247 e. The highest BCUT2D eigenvalue weighted by Gasteiger charge is 2.45. The largest absolute Gasteiger partial charge is 0.378 e. The van der Waals surface area contributed by atoms with Crippen molar-refractivity contribution < 1.29 is 13.2 Å². The van der Waals surface area contributed by atoms with Crippen LogP contribution in [0.15, 0.2) is 17.3 Å². The van der Waals surface area contributed by atoms with Gasteiger partial charge < -0.3 is 4.74 Å². The summed E-state index contributed by atoms with van der Waals surface area (Å²) in [5.41, 5.74) is -1.12. The number of hydrogen-bond acceptors (Lipinski definition) is 5.